The maximum Gasteiger partial charge on any atom is 0.469 e. The van der Waals surface area contributed by atoms with Crippen molar-refractivity contribution in [1.82, 2.24) is 0 Å². The molecule has 0 saturated heterocycles. The van der Waals surface area contributed by atoms with Gasteiger partial charge in [-0.15, -0.1) is 0 Å². The fraction of sp³-hybridized carbons (Fsp3) is 1.00. The summed E-state index contributed by atoms with van der Waals surface area (Å²) >= 11 is 0. The van der Waals surface area contributed by atoms with Gasteiger partial charge in [0.2, 0.25) is 0 Å². The fourth-order valence-corrected chi connectivity index (χ4v) is 3.73. The largest absolute Gasteiger partial charge is 0.469 e. The molecule has 158 valence electrons. The van der Waals surface area contributed by atoms with Crippen molar-refractivity contribution < 1.29 is 18.9 Å². The zero-order valence-corrected chi connectivity index (χ0v) is 18.2. The Kier molecular flexibility index (Phi) is 19.9. The Morgan fingerprint density at radius 2 is 0.808 bits per heavy atom. The molecule has 0 saturated carbocycles. The summed E-state index contributed by atoms with van der Waals surface area (Å²) in [6.45, 7) is 2.45. The van der Waals surface area contributed by atoms with Gasteiger partial charge in [0, 0.05) is 0 Å². The Morgan fingerprint density at radius 1 is 0.538 bits per heavy atom. The van der Waals surface area contributed by atoms with E-state index in [0.717, 1.165) is 19.3 Å². The number of rotatable bonds is 21. The number of hydrogen-bond acceptors (Lipinski definition) is 2. The van der Waals surface area contributed by atoms with Crippen LogP contribution in [0.3, 0.4) is 0 Å². The van der Waals surface area contributed by atoms with Crippen LogP contribution in [0, 0.1) is 0 Å². The van der Waals surface area contributed by atoms with Gasteiger partial charge in [0.1, 0.15) is 0 Å². The lowest BCUT2D eigenvalue weighted by Crippen LogP contribution is -1.92. The SMILES string of the molecule is CCCCCCCCCCCCCCCCCCCCCOP(=O)(O)O. The Hall–Kier alpha value is 0.110. The Balaban J connectivity index is 3.02. The van der Waals surface area contributed by atoms with Crippen molar-refractivity contribution in [2.24, 2.45) is 0 Å². The second-order valence-electron chi connectivity index (χ2n) is 7.69. The summed E-state index contributed by atoms with van der Waals surface area (Å²) in [4.78, 5) is 17.1. The molecule has 0 unspecified atom stereocenters. The van der Waals surface area contributed by atoms with Crippen LogP contribution in [0.4, 0.5) is 0 Å². The normalized spacial score (nSPS) is 12.0. The number of hydrogen-bond donors (Lipinski definition) is 2. The summed E-state index contributed by atoms with van der Waals surface area (Å²) in [6, 6.07) is 0. The highest BCUT2D eigenvalue weighted by Crippen LogP contribution is 2.35. The lowest BCUT2D eigenvalue weighted by molar-refractivity contribution is 0.193. The van der Waals surface area contributed by atoms with Gasteiger partial charge in [-0.05, 0) is 6.42 Å². The van der Waals surface area contributed by atoms with Gasteiger partial charge >= 0.3 is 7.82 Å². The molecule has 0 spiro atoms. The quantitative estimate of drug-likeness (QED) is 0.156. The minimum Gasteiger partial charge on any atom is -0.303 e. The van der Waals surface area contributed by atoms with Crippen LogP contribution in [0.15, 0.2) is 0 Å². The van der Waals surface area contributed by atoms with Gasteiger partial charge in [0.25, 0.3) is 0 Å². The van der Waals surface area contributed by atoms with Crippen molar-refractivity contribution in [2.75, 3.05) is 6.61 Å². The van der Waals surface area contributed by atoms with E-state index in [4.69, 9.17) is 9.79 Å². The zero-order valence-electron chi connectivity index (χ0n) is 17.3. The van der Waals surface area contributed by atoms with Crippen LogP contribution in [0.1, 0.15) is 129 Å². The fourth-order valence-electron chi connectivity index (χ4n) is 3.36. The van der Waals surface area contributed by atoms with Crippen molar-refractivity contribution >= 4 is 7.82 Å². The van der Waals surface area contributed by atoms with Crippen LogP contribution in [0.25, 0.3) is 0 Å². The van der Waals surface area contributed by atoms with Crippen molar-refractivity contribution in [3.8, 4) is 0 Å². The smallest absolute Gasteiger partial charge is 0.303 e. The first-order chi connectivity index (χ1) is 12.6. The molecule has 0 amide bonds. The molecule has 0 atom stereocenters. The van der Waals surface area contributed by atoms with Gasteiger partial charge in [-0.25, -0.2) is 4.57 Å². The van der Waals surface area contributed by atoms with Crippen molar-refractivity contribution in [3.63, 3.8) is 0 Å². The minimum atomic E-state index is -4.26. The minimum absolute atomic E-state index is 0.170. The van der Waals surface area contributed by atoms with Gasteiger partial charge in [0.05, 0.1) is 6.61 Å². The summed E-state index contributed by atoms with van der Waals surface area (Å²) in [5, 5.41) is 0. The molecule has 0 aliphatic carbocycles. The maximum atomic E-state index is 10.5. The van der Waals surface area contributed by atoms with Crippen molar-refractivity contribution in [3.05, 3.63) is 0 Å². The predicted octanol–water partition coefficient (Wildman–Crippen LogP) is 7.53. The zero-order chi connectivity index (χ0) is 19.3. The maximum absolute atomic E-state index is 10.5. The standard InChI is InChI=1S/C21H45O4P/c1-2-3-4-5-6-7-8-9-10-11-12-13-14-15-16-17-18-19-20-21-25-26(22,23)24/h2-21H2,1H3,(H2,22,23,24). The van der Waals surface area contributed by atoms with Crippen LogP contribution in [0.5, 0.6) is 0 Å². The first-order valence-electron chi connectivity index (χ1n) is 11.3. The number of phosphoric acid groups is 1. The van der Waals surface area contributed by atoms with E-state index < -0.39 is 7.82 Å². The molecule has 0 heterocycles. The molecule has 2 N–H and O–H groups in total. The molecular weight excluding hydrogens is 347 g/mol. The van der Waals surface area contributed by atoms with E-state index in [2.05, 4.69) is 11.4 Å². The molecule has 4 nitrogen and oxygen atoms in total. The highest BCUT2D eigenvalue weighted by molar-refractivity contribution is 7.46. The third kappa shape index (κ3) is 24.1. The van der Waals surface area contributed by atoms with Crippen LogP contribution in [-0.2, 0) is 9.09 Å². The second-order valence-corrected chi connectivity index (χ2v) is 8.93. The van der Waals surface area contributed by atoms with Gasteiger partial charge in [-0.1, -0.05) is 122 Å². The van der Waals surface area contributed by atoms with Crippen LogP contribution >= 0.6 is 7.82 Å². The number of unbranched alkanes of at least 4 members (excludes halogenated alkanes) is 18. The highest BCUT2D eigenvalue weighted by Gasteiger charge is 2.12. The molecule has 0 radical (unpaired) electrons. The van der Waals surface area contributed by atoms with Crippen LogP contribution in [-0.4, -0.2) is 16.4 Å². The Morgan fingerprint density at radius 3 is 1.08 bits per heavy atom. The molecule has 0 bridgehead atoms. The monoisotopic (exact) mass is 392 g/mol. The molecule has 26 heavy (non-hydrogen) atoms. The van der Waals surface area contributed by atoms with E-state index in [1.807, 2.05) is 0 Å². The van der Waals surface area contributed by atoms with E-state index >= 15 is 0 Å². The average Bonchev–Trinajstić information content (AvgIpc) is 2.59. The summed E-state index contributed by atoms with van der Waals surface area (Å²) in [7, 11) is -4.26. The summed E-state index contributed by atoms with van der Waals surface area (Å²) < 4.78 is 14.9. The Labute approximate surface area is 162 Å². The van der Waals surface area contributed by atoms with E-state index in [1.165, 1.54) is 103 Å². The van der Waals surface area contributed by atoms with Crippen LogP contribution in [0.2, 0.25) is 0 Å². The van der Waals surface area contributed by atoms with E-state index in [1.54, 1.807) is 0 Å². The van der Waals surface area contributed by atoms with E-state index in [9.17, 15) is 4.57 Å². The first-order valence-corrected chi connectivity index (χ1v) is 12.8. The highest BCUT2D eigenvalue weighted by atomic mass is 31.2. The van der Waals surface area contributed by atoms with Gasteiger partial charge in [-0.2, -0.15) is 0 Å². The molecule has 0 rings (SSSR count). The van der Waals surface area contributed by atoms with Gasteiger partial charge < -0.3 is 9.79 Å². The Bertz CT molecular complexity index is 317. The first kappa shape index (κ1) is 26.1. The molecule has 0 aromatic rings. The van der Waals surface area contributed by atoms with Crippen molar-refractivity contribution in [1.29, 1.82) is 0 Å². The molecule has 0 aliphatic heterocycles. The third-order valence-corrected chi connectivity index (χ3v) is 5.53. The average molecular weight is 393 g/mol. The number of phosphoric ester groups is 1. The third-order valence-electron chi connectivity index (χ3n) is 5.01. The summed E-state index contributed by atoms with van der Waals surface area (Å²) in [5.74, 6) is 0. The van der Waals surface area contributed by atoms with Gasteiger partial charge in [-0.3, -0.25) is 4.52 Å². The lowest BCUT2D eigenvalue weighted by Gasteiger charge is -2.05. The molecule has 5 heteroatoms. The van der Waals surface area contributed by atoms with Gasteiger partial charge in [0.15, 0.2) is 0 Å². The molecular formula is C21H45O4P. The second kappa shape index (κ2) is 19.9. The van der Waals surface area contributed by atoms with Crippen LogP contribution < -0.4 is 0 Å². The van der Waals surface area contributed by atoms with E-state index in [-0.39, 0.29) is 6.61 Å². The molecule has 0 aliphatic rings. The van der Waals surface area contributed by atoms with Crippen molar-refractivity contribution in [2.45, 2.75) is 129 Å². The molecule has 0 aromatic heterocycles. The summed E-state index contributed by atoms with van der Waals surface area (Å²) in [6.07, 6.45) is 25.1. The topological polar surface area (TPSA) is 66.8 Å². The van der Waals surface area contributed by atoms with E-state index in [0.29, 0.717) is 0 Å². The lowest BCUT2D eigenvalue weighted by atomic mass is 10.0. The predicted molar refractivity (Wildman–Crippen MR) is 111 cm³/mol. The summed E-state index contributed by atoms with van der Waals surface area (Å²) in [5.41, 5.74) is 0. The molecule has 0 aromatic carbocycles. The molecule has 0 fully saturated rings.